The van der Waals surface area contributed by atoms with Crippen molar-refractivity contribution in [3.63, 3.8) is 0 Å². The van der Waals surface area contributed by atoms with Crippen molar-refractivity contribution in [2.45, 2.75) is 39.0 Å². The highest BCUT2D eigenvalue weighted by atomic mass is 35.5. The summed E-state index contributed by atoms with van der Waals surface area (Å²) in [6.07, 6.45) is 1.62. The number of benzene rings is 1. The third-order valence-electron chi connectivity index (χ3n) is 5.69. The normalized spacial score (nSPS) is 18.8. The van der Waals surface area contributed by atoms with Gasteiger partial charge in [0.05, 0.1) is 28.2 Å². The Bertz CT molecular complexity index is 1240. The number of rotatable bonds is 3. The van der Waals surface area contributed by atoms with Gasteiger partial charge in [0, 0.05) is 33.5 Å². The van der Waals surface area contributed by atoms with Gasteiger partial charge in [-0.2, -0.15) is 5.26 Å². The number of allylic oxidation sites excluding steroid dienone is 3. The van der Waals surface area contributed by atoms with E-state index in [4.69, 9.17) is 17.3 Å². The number of hydrogen-bond donors (Lipinski definition) is 1. The molecule has 1 aliphatic heterocycles. The van der Waals surface area contributed by atoms with Crippen LogP contribution >= 0.6 is 22.9 Å². The molecule has 7 nitrogen and oxygen atoms in total. The van der Waals surface area contributed by atoms with Crippen molar-refractivity contribution in [3.8, 4) is 6.07 Å². The van der Waals surface area contributed by atoms with Gasteiger partial charge in [0.2, 0.25) is 0 Å². The standard InChI is InChI=1S/C22H19ClN4O3S/c1-11-8-14(12(2)31-11)20-15(10-24)22(25)26(17-4-3-5-19(28)21(17)20)13-6-7-16(23)18(9-13)27(29)30/h6-9,20H,3-5,25H2,1-2H3/t20-/m0/s1. The molecule has 9 heteroatoms. The van der Waals surface area contributed by atoms with Crippen LogP contribution < -0.4 is 10.6 Å². The van der Waals surface area contributed by atoms with Crippen molar-refractivity contribution in [2.24, 2.45) is 5.73 Å². The molecule has 1 aromatic heterocycles. The van der Waals surface area contributed by atoms with Crippen LogP contribution in [0.25, 0.3) is 0 Å². The van der Waals surface area contributed by atoms with E-state index in [0.717, 1.165) is 15.3 Å². The maximum absolute atomic E-state index is 13.1. The minimum atomic E-state index is -0.567. The van der Waals surface area contributed by atoms with Crippen molar-refractivity contribution >= 4 is 40.1 Å². The number of anilines is 1. The quantitative estimate of drug-likeness (QED) is 0.501. The molecule has 1 atom stereocenters. The van der Waals surface area contributed by atoms with E-state index in [9.17, 15) is 20.2 Å². The first-order chi connectivity index (χ1) is 14.7. The van der Waals surface area contributed by atoms with Crippen LogP contribution in [0.4, 0.5) is 11.4 Å². The van der Waals surface area contributed by atoms with Gasteiger partial charge in [-0.3, -0.25) is 19.8 Å². The minimum absolute atomic E-state index is 0.00462. The summed E-state index contributed by atoms with van der Waals surface area (Å²) < 4.78 is 0. The molecule has 1 aromatic carbocycles. The Balaban J connectivity index is 1.99. The van der Waals surface area contributed by atoms with Gasteiger partial charge >= 0.3 is 0 Å². The van der Waals surface area contributed by atoms with Crippen molar-refractivity contribution in [2.75, 3.05) is 4.90 Å². The van der Waals surface area contributed by atoms with Crippen molar-refractivity contribution in [3.05, 3.63) is 77.4 Å². The Kier molecular flexibility index (Phi) is 5.33. The fourth-order valence-electron chi connectivity index (χ4n) is 4.41. The highest BCUT2D eigenvalue weighted by Crippen LogP contribution is 2.48. The Hall–Kier alpha value is -3.15. The second kappa shape index (κ2) is 7.84. The molecule has 0 saturated carbocycles. The number of ketones is 1. The van der Waals surface area contributed by atoms with E-state index in [2.05, 4.69) is 6.07 Å². The predicted octanol–water partition coefficient (Wildman–Crippen LogP) is 5.23. The van der Waals surface area contributed by atoms with Crippen LogP contribution in [0, 0.1) is 35.3 Å². The van der Waals surface area contributed by atoms with Crippen LogP contribution in [-0.4, -0.2) is 10.7 Å². The number of nitro groups is 1. The van der Waals surface area contributed by atoms with Crippen LogP contribution in [-0.2, 0) is 4.79 Å². The van der Waals surface area contributed by atoms with Crippen LogP contribution in [0.3, 0.4) is 0 Å². The van der Waals surface area contributed by atoms with Gasteiger partial charge < -0.3 is 5.73 Å². The summed E-state index contributed by atoms with van der Waals surface area (Å²) in [5.74, 6) is -0.375. The third kappa shape index (κ3) is 3.40. The first kappa shape index (κ1) is 21.1. The first-order valence-electron chi connectivity index (χ1n) is 9.71. The summed E-state index contributed by atoms with van der Waals surface area (Å²) in [4.78, 5) is 27.7. The van der Waals surface area contributed by atoms with Gasteiger partial charge in [0.25, 0.3) is 5.69 Å². The summed E-state index contributed by atoms with van der Waals surface area (Å²) in [5.41, 5.74) is 9.07. The molecular weight excluding hydrogens is 436 g/mol. The number of carbonyl (C=O) groups is 1. The molecule has 0 fully saturated rings. The number of carbonyl (C=O) groups excluding carboxylic acids is 1. The zero-order valence-corrected chi connectivity index (χ0v) is 18.5. The molecule has 158 valence electrons. The second-order valence-corrected chi connectivity index (χ2v) is 9.45. The number of nitriles is 1. The maximum Gasteiger partial charge on any atom is 0.289 e. The molecule has 0 radical (unpaired) electrons. The van der Waals surface area contributed by atoms with E-state index in [0.29, 0.717) is 36.2 Å². The largest absolute Gasteiger partial charge is 0.384 e. The Morgan fingerprint density at radius 3 is 2.68 bits per heavy atom. The first-order valence-corrected chi connectivity index (χ1v) is 10.9. The van der Waals surface area contributed by atoms with E-state index < -0.39 is 10.8 Å². The molecular formula is C22H19ClN4O3S. The van der Waals surface area contributed by atoms with Crippen molar-refractivity contribution < 1.29 is 9.72 Å². The lowest BCUT2D eigenvalue weighted by atomic mass is 9.75. The molecule has 4 rings (SSSR count). The number of hydrogen-bond acceptors (Lipinski definition) is 7. The maximum atomic E-state index is 13.1. The van der Waals surface area contributed by atoms with E-state index >= 15 is 0 Å². The summed E-state index contributed by atoms with van der Waals surface area (Å²) in [7, 11) is 0. The van der Waals surface area contributed by atoms with Crippen LogP contribution in [0.1, 0.15) is 40.5 Å². The highest BCUT2D eigenvalue weighted by Gasteiger charge is 2.41. The molecule has 31 heavy (non-hydrogen) atoms. The van der Waals surface area contributed by atoms with E-state index in [-0.39, 0.29) is 27.9 Å². The summed E-state index contributed by atoms with van der Waals surface area (Å²) >= 11 is 7.60. The average molecular weight is 455 g/mol. The lowest BCUT2D eigenvalue weighted by Gasteiger charge is -2.39. The minimum Gasteiger partial charge on any atom is -0.384 e. The van der Waals surface area contributed by atoms with Gasteiger partial charge in [-0.1, -0.05) is 11.6 Å². The van der Waals surface area contributed by atoms with Crippen LogP contribution in [0.5, 0.6) is 0 Å². The van der Waals surface area contributed by atoms with Gasteiger partial charge in [-0.05, 0) is 50.5 Å². The summed E-state index contributed by atoms with van der Waals surface area (Å²) in [6, 6.07) is 8.58. The monoisotopic (exact) mass is 454 g/mol. The van der Waals surface area contributed by atoms with Gasteiger partial charge in [0.1, 0.15) is 10.8 Å². The van der Waals surface area contributed by atoms with Crippen molar-refractivity contribution in [1.29, 1.82) is 5.26 Å². The number of Topliss-reactive ketones (excluding diaryl/α,β-unsaturated/α-hetero) is 1. The lowest BCUT2D eigenvalue weighted by molar-refractivity contribution is -0.384. The smallest absolute Gasteiger partial charge is 0.289 e. The number of aryl methyl sites for hydroxylation is 2. The average Bonchev–Trinajstić information content (AvgIpc) is 3.05. The number of halogens is 1. The number of thiophene rings is 1. The molecule has 2 aliphatic rings. The number of nitrogens with two attached hydrogens (primary N) is 1. The number of nitrogens with zero attached hydrogens (tertiary/aromatic N) is 3. The molecule has 2 heterocycles. The molecule has 2 N–H and O–H groups in total. The second-order valence-electron chi connectivity index (χ2n) is 7.58. The Morgan fingerprint density at radius 1 is 1.32 bits per heavy atom. The summed E-state index contributed by atoms with van der Waals surface area (Å²) in [6.45, 7) is 3.96. The third-order valence-corrected chi connectivity index (χ3v) is 6.99. The van der Waals surface area contributed by atoms with Gasteiger partial charge in [0.15, 0.2) is 5.78 Å². The summed E-state index contributed by atoms with van der Waals surface area (Å²) in [5, 5.41) is 21.5. The zero-order chi connectivity index (χ0) is 22.4. The molecule has 1 aliphatic carbocycles. The zero-order valence-electron chi connectivity index (χ0n) is 16.9. The molecule has 0 unspecified atom stereocenters. The fraction of sp³-hybridized carbons (Fsp3) is 0.273. The van der Waals surface area contributed by atoms with Gasteiger partial charge in [-0.15, -0.1) is 11.3 Å². The highest BCUT2D eigenvalue weighted by molar-refractivity contribution is 7.12. The Morgan fingerprint density at radius 2 is 2.06 bits per heavy atom. The SMILES string of the molecule is Cc1cc([C@H]2C(C#N)=C(N)N(c3ccc(Cl)c([N+](=O)[O-])c3)C3=C2C(=O)CCC3)c(C)s1. The topological polar surface area (TPSA) is 113 Å². The van der Waals surface area contributed by atoms with E-state index in [1.807, 2.05) is 19.9 Å². The lowest BCUT2D eigenvalue weighted by Crippen LogP contribution is -2.38. The number of nitro benzene ring substituents is 1. The fourth-order valence-corrected chi connectivity index (χ4v) is 5.56. The van der Waals surface area contributed by atoms with Crippen LogP contribution in [0.2, 0.25) is 5.02 Å². The predicted molar refractivity (Wildman–Crippen MR) is 120 cm³/mol. The van der Waals surface area contributed by atoms with E-state index in [1.54, 1.807) is 22.3 Å². The molecule has 0 saturated heterocycles. The molecule has 0 bridgehead atoms. The van der Waals surface area contributed by atoms with Crippen molar-refractivity contribution in [1.82, 2.24) is 0 Å². The van der Waals surface area contributed by atoms with E-state index in [1.165, 1.54) is 12.1 Å². The Labute approximate surface area is 188 Å². The van der Waals surface area contributed by atoms with Crippen LogP contribution in [0.15, 0.2) is 46.9 Å². The molecule has 0 spiro atoms. The molecule has 0 amide bonds. The molecule has 2 aromatic rings. The van der Waals surface area contributed by atoms with Gasteiger partial charge in [-0.25, -0.2) is 0 Å².